The third kappa shape index (κ3) is 4.32. The van der Waals surface area contributed by atoms with E-state index in [1.54, 1.807) is 18.2 Å². The van der Waals surface area contributed by atoms with Gasteiger partial charge in [0.05, 0.1) is 25.3 Å². The number of rotatable bonds is 6. The van der Waals surface area contributed by atoms with E-state index in [4.69, 9.17) is 14.2 Å². The highest BCUT2D eigenvalue weighted by atomic mass is 16.7. The standard InChI is InChI=1S/C19H17NO8/c1-24-18(22)11-5-12(19(23)25-2)7-14(6-11)26-9-17(21)20-13-3-4-15-16(8-13)28-10-27-15/h3-8H,9-10H2,1-2H3,(H,20,21). The van der Waals surface area contributed by atoms with Gasteiger partial charge in [-0.3, -0.25) is 4.79 Å². The van der Waals surface area contributed by atoms with Crippen molar-refractivity contribution in [3.8, 4) is 17.2 Å². The van der Waals surface area contributed by atoms with E-state index < -0.39 is 17.8 Å². The summed E-state index contributed by atoms with van der Waals surface area (Å²) < 4.78 is 25.2. The molecule has 1 aliphatic heterocycles. The maximum absolute atomic E-state index is 12.1. The molecule has 0 unspecified atom stereocenters. The zero-order valence-corrected chi connectivity index (χ0v) is 15.1. The lowest BCUT2D eigenvalue weighted by Gasteiger charge is -2.10. The van der Waals surface area contributed by atoms with Crippen molar-refractivity contribution in [2.75, 3.05) is 32.9 Å². The maximum atomic E-state index is 12.1. The monoisotopic (exact) mass is 387 g/mol. The van der Waals surface area contributed by atoms with Crippen LogP contribution in [0.3, 0.4) is 0 Å². The normalized spacial score (nSPS) is 11.5. The number of nitrogens with one attached hydrogen (secondary N) is 1. The summed E-state index contributed by atoms with van der Waals surface area (Å²) in [6.07, 6.45) is 0. The Hall–Kier alpha value is -3.75. The fraction of sp³-hybridized carbons (Fsp3) is 0.211. The van der Waals surface area contributed by atoms with Gasteiger partial charge in [0, 0.05) is 11.8 Å². The van der Waals surface area contributed by atoms with Gasteiger partial charge >= 0.3 is 11.9 Å². The van der Waals surface area contributed by atoms with Crippen molar-refractivity contribution >= 4 is 23.5 Å². The van der Waals surface area contributed by atoms with Gasteiger partial charge in [0.25, 0.3) is 5.91 Å². The summed E-state index contributed by atoms with van der Waals surface area (Å²) in [6.45, 7) is -0.214. The van der Waals surface area contributed by atoms with Crippen LogP contribution in [-0.4, -0.2) is 45.5 Å². The van der Waals surface area contributed by atoms with Gasteiger partial charge in [0.2, 0.25) is 6.79 Å². The van der Waals surface area contributed by atoms with Gasteiger partial charge in [-0.1, -0.05) is 0 Å². The highest BCUT2D eigenvalue weighted by molar-refractivity contribution is 5.96. The van der Waals surface area contributed by atoms with Crippen LogP contribution in [0, 0.1) is 0 Å². The lowest BCUT2D eigenvalue weighted by molar-refractivity contribution is -0.118. The molecule has 2 aromatic carbocycles. The molecule has 0 aromatic heterocycles. The fourth-order valence-electron chi connectivity index (χ4n) is 2.47. The third-order valence-electron chi connectivity index (χ3n) is 3.77. The smallest absolute Gasteiger partial charge is 0.338 e. The molecular weight excluding hydrogens is 370 g/mol. The molecule has 2 aromatic rings. The number of anilines is 1. The van der Waals surface area contributed by atoms with Crippen LogP contribution in [0.2, 0.25) is 0 Å². The fourth-order valence-corrected chi connectivity index (χ4v) is 2.47. The Morgan fingerprint density at radius 1 is 0.929 bits per heavy atom. The zero-order chi connectivity index (χ0) is 20.1. The second-order valence-electron chi connectivity index (χ2n) is 5.63. The molecule has 0 aliphatic carbocycles. The van der Waals surface area contributed by atoms with E-state index >= 15 is 0 Å². The molecular formula is C19H17NO8. The molecule has 28 heavy (non-hydrogen) atoms. The summed E-state index contributed by atoms with van der Waals surface area (Å²) >= 11 is 0. The third-order valence-corrected chi connectivity index (χ3v) is 3.77. The molecule has 9 nitrogen and oxygen atoms in total. The number of ether oxygens (including phenoxy) is 5. The van der Waals surface area contributed by atoms with Crippen molar-refractivity contribution in [1.29, 1.82) is 0 Å². The van der Waals surface area contributed by atoms with E-state index in [0.29, 0.717) is 17.2 Å². The van der Waals surface area contributed by atoms with E-state index in [-0.39, 0.29) is 30.3 Å². The van der Waals surface area contributed by atoms with Crippen molar-refractivity contribution in [2.45, 2.75) is 0 Å². The molecule has 1 heterocycles. The number of methoxy groups -OCH3 is 2. The van der Waals surface area contributed by atoms with Gasteiger partial charge in [-0.25, -0.2) is 9.59 Å². The first-order valence-electron chi connectivity index (χ1n) is 8.14. The Morgan fingerprint density at radius 3 is 2.21 bits per heavy atom. The second-order valence-corrected chi connectivity index (χ2v) is 5.63. The summed E-state index contributed by atoms with van der Waals surface area (Å²) in [7, 11) is 2.43. The Balaban J connectivity index is 1.68. The predicted octanol–water partition coefficient (Wildman–Crippen LogP) is 2.01. The summed E-state index contributed by atoms with van der Waals surface area (Å²) in [5.74, 6) is -0.469. The van der Waals surface area contributed by atoms with Crippen LogP contribution in [0.4, 0.5) is 5.69 Å². The zero-order valence-electron chi connectivity index (χ0n) is 15.1. The second kappa shape index (κ2) is 8.30. The van der Waals surface area contributed by atoms with Crippen LogP contribution in [0.25, 0.3) is 0 Å². The molecule has 1 amide bonds. The summed E-state index contributed by atoms with van der Waals surface area (Å²) in [5, 5.41) is 2.66. The van der Waals surface area contributed by atoms with Crippen molar-refractivity contribution in [2.24, 2.45) is 0 Å². The van der Waals surface area contributed by atoms with Crippen molar-refractivity contribution in [1.82, 2.24) is 0 Å². The minimum Gasteiger partial charge on any atom is -0.484 e. The van der Waals surface area contributed by atoms with Crippen LogP contribution in [0.1, 0.15) is 20.7 Å². The Morgan fingerprint density at radius 2 is 1.57 bits per heavy atom. The molecule has 9 heteroatoms. The predicted molar refractivity (Wildman–Crippen MR) is 95.8 cm³/mol. The van der Waals surface area contributed by atoms with Gasteiger partial charge in [-0.05, 0) is 30.3 Å². The topological polar surface area (TPSA) is 109 Å². The maximum Gasteiger partial charge on any atom is 0.338 e. The lowest BCUT2D eigenvalue weighted by atomic mass is 10.1. The highest BCUT2D eigenvalue weighted by Crippen LogP contribution is 2.34. The van der Waals surface area contributed by atoms with Crippen molar-refractivity contribution in [3.63, 3.8) is 0 Å². The molecule has 0 spiro atoms. The first kappa shape index (κ1) is 19.0. The molecule has 0 radical (unpaired) electrons. The molecule has 1 N–H and O–H groups in total. The summed E-state index contributed by atoms with van der Waals surface area (Å²) in [6, 6.07) is 9.03. The minimum atomic E-state index is -0.652. The van der Waals surface area contributed by atoms with Gasteiger partial charge in [0.1, 0.15) is 5.75 Å². The largest absolute Gasteiger partial charge is 0.484 e. The summed E-state index contributed by atoms with van der Waals surface area (Å²) in [5.41, 5.74) is 0.699. The van der Waals surface area contributed by atoms with E-state index in [0.717, 1.165) is 0 Å². The van der Waals surface area contributed by atoms with Crippen LogP contribution in [0.5, 0.6) is 17.2 Å². The minimum absolute atomic E-state index is 0.0941. The van der Waals surface area contributed by atoms with Crippen LogP contribution in [-0.2, 0) is 14.3 Å². The molecule has 1 aliphatic rings. The number of amides is 1. The highest BCUT2D eigenvalue weighted by Gasteiger charge is 2.16. The molecule has 146 valence electrons. The van der Waals surface area contributed by atoms with E-state index in [1.165, 1.54) is 32.4 Å². The number of benzene rings is 2. The molecule has 3 rings (SSSR count). The number of hydrogen-bond donors (Lipinski definition) is 1. The Kier molecular flexibility index (Phi) is 5.64. The molecule has 0 saturated carbocycles. The van der Waals surface area contributed by atoms with Gasteiger partial charge in [-0.15, -0.1) is 0 Å². The van der Waals surface area contributed by atoms with Crippen LogP contribution >= 0.6 is 0 Å². The first-order valence-corrected chi connectivity index (χ1v) is 8.14. The molecule has 0 saturated heterocycles. The average Bonchev–Trinajstić information content (AvgIpc) is 3.18. The summed E-state index contributed by atoms with van der Waals surface area (Å²) in [4.78, 5) is 35.7. The van der Waals surface area contributed by atoms with E-state index in [9.17, 15) is 14.4 Å². The number of hydrogen-bond acceptors (Lipinski definition) is 8. The van der Waals surface area contributed by atoms with Gasteiger partial charge in [0.15, 0.2) is 18.1 Å². The van der Waals surface area contributed by atoms with E-state index in [2.05, 4.69) is 14.8 Å². The molecule has 0 fully saturated rings. The number of carbonyl (C=O) groups excluding carboxylic acids is 3. The number of fused-ring (bicyclic) bond motifs is 1. The average molecular weight is 387 g/mol. The SMILES string of the molecule is COC(=O)c1cc(OCC(=O)Nc2ccc3c(c2)OCO3)cc(C(=O)OC)c1. The Bertz CT molecular complexity index is 890. The van der Waals surface area contributed by atoms with Crippen LogP contribution in [0.15, 0.2) is 36.4 Å². The quantitative estimate of drug-likeness (QED) is 0.750. The van der Waals surface area contributed by atoms with Gasteiger partial charge < -0.3 is 29.0 Å². The number of carbonyl (C=O) groups is 3. The Labute approximate surface area is 160 Å². The van der Waals surface area contributed by atoms with Gasteiger partial charge in [-0.2, -0.15) is 0 Å². The van der Waals surface area contributed by atoms with Crippen LogP contribution < -0.4 is 19.5 Å². The molecule has 0 atom stereocenters. The van der Waals surface area contributed by atoms with Crippen molar-refractivity contribution < 1.29 is 38.1 Å². The number of esters is 2. The molecule has 0 bridgehead atoms. The first-order chi connectivity index (χ1) is 13.5. The van der Waals surface area contributed by atoms with E-state index in [1.807, 2.05) is 0 Å². The lowest BCUT2D eigenvalue weighted by Crippen LogP contribution is -2.20. The van der Waals surface area contributed by atoms with Crippen molar-refractivity contribution in [3.05, 3.63) is 47.5 Å².